The molecule has 2 aromatic rings. The minimum Gasteiger partial charge on any atom is -0.280 e. The van der Waals surface area contributed by atoms with Crippen LogP contribution in [0, 0.1) is 10.1 Å². The molecule has 0 aromatic heterocycles. The Kier molecular flexibility index (Phi) is 6.65. The molecule has 1 aliphatic rings. The van der Waals surface area contributed by atoms with Crippen LogP contribution in [0.2, 0.25) is 5.02 Å². The predicted octanol–water partition coefficient (Wildman–Crippen LogP) is 3.61. The second-order valence-electron chi connectivity index (χ2n) is 6.82. The highest BCUT2D eigenvalue weighted by atomic mass is 35.5. The summed E-state index contributed by atoms with van der Waals surface area (Å²) in [5.41, 5.74) is -0.402. The van der Waals surface area contributed by atoms with Crippen LogP contribution >= 0.6 is 11.6 Å². The van der Waals surface area contributed by atoms with Crippen molar-refractivity contribution in [2.24, 2.45) is 0 Å². The van der Waals surface area contributed by atoms with Crippen molar-refractivity contribution >= 4 is 43.0 Å². The quantitative estimate of drug-likeness (QED) is 0.504. The Bertz CT molecular complexity index is 1140. The molecule has 0 aliphatic carbocycles. The summed E-state index contributed by atoms with van der Waals surface area (Å²) in [6, 6.07) is 8.49. The van der Waals surface area contributed by atoms with E-state index in [9.17, 15) is 26.9 Å². The summed E-state index contributed by atoms with van der Waals surface area (Å²) in [6.07, 6.45) is 3.61. The highest BCUT2D eigenvalue weighted by Crippen LogP contribution is 2.28. The van der Waals surface area contributed by atoms with Gasteiger partial charge in [-0.25, -0.2) is 16.8 Å². The molecule has 162 valence electrons. The molecule has 9 nitrogen and oxygen atoms in total. The summed E-state index contributed by atoms with van der Waals surface area (Å²) in [6.45, 7) is 0.929. The van der Waals surface area contributed by atoms with Gasteiger partial charge in [-0.05, 0) is 49.2 Å². The van der Waals surface area contributed by atoms with Gasteiger partial charge in [0.1, 0.15) is 5.02 Å². The lowest BCUT2D eigenvalue weighted by molar-refractivity contribution is -0.384. The average molecular weight is 474 g/mol. The van der Waals surface area contributed by atoms with E-state index in [-0.39, 0.29) is 20.5 Å². The predicted molar refractivity (Wildman–Crippen MR) is 113 cm³/mol. The number of benzene rings is 2. The first kappa shape index (κ1) is 22.5. The van der Waals surface area contributed by atoms with Crippen molar-refractivity contribution in [2.75, 3.05) is 17.8 Å². The van der Waals surface area contributed by atoms with Gasteiger partial charge in [-0.2, -0.15) is 4.31 Å². The topological polar surface area (TPSA) is 127 Å². The van der Waals surface area contributed by atoms with E-state index in [4.69, 9.17) is 11.6 Å². The highest BCUT2D eigenvalue weighted by Gasteiger charge is 2.25. The van der Waals surface area contributed by atoms with Crippen LogP contribution in [0.4, 0.5) is 11.4 Å². The number of rotatable bonds is 6. The summed E-state index contributed by atoms with van der Waals surface area (Å²) >= 11 is 5.72. The first-order chi connectivity index (χ1) is 14.1. The number of nitro groups is 1. The van der Waals surface area contributed by atoms with Gasteiger partial charge in [0.15, 0.2) is 0 Å². The van der Waals surface area contributed by atoms with E-state index in [2.05, 4.69) is 4.72 Å². The van der Waals surface area contributed by atoms with Crippen molar-refractivity contribution in [3.63, 3.8) is 0 Å². The van der Waals surface area contributed by atoms with Gasteiger partial charge in [-0.15, -0.1) is 0 Å². The summed E-state index contributed by atoms with van der Waals surface area (Å²) in [7, 11) is -7.78. The molecular weight excluding hydrogens is 454 g/mol. The number of nitrogens with one attached hydrogen (secondary N) is 1. The van der Waals surface area contributed by atoms with Gasteiger partial charge in [0, 0.05) is 24.8 Å². The van der Waals surface area contributed by atoms with E-state index in [1.165, 1.54) is 28.6 Å². The van der Waals surface area contributed by atoms with Crippen LogP contribution in [-0.4, -0.2) is 39.2 Å². The third-order valence-electron chi connectivity index (χ3n) is 4.73. The fourth-order valence-corrected chi connectivity index (χ4v) is 5.92. The van der Waals surface area contributed by atoms with Crippen molar-refractivity contribution < 1.29 is 21.8 Å². The maximum absolute atomic E-state index is 12.8. The lowest BCUT2D eigenvalue weighted by Gasteiger charge is -2.20. The lowest BCUT2D eigenvalue weighted by Crippen LogP contribution is -2.31. The molecule has 0 radical (unpaired) electrons. The minimum atomic E-state index is -4.13. The monoisotopic (exact) mass is 473 g/mol. The van der Waals surface area contributed by atoms with Crippen LogP contribution in [0.5, 0.6) is 0 Å². The van der Waals surface area contributed by atoms with Crippen LogP contribution in [0.1, 0.15) is 25.7 Å². The maximum atomic E-state index is 12.8. The van der Waals surface area contributed by atoms with E-state index in [1.54, 1.807) is 0 Å². The normalized spacial score (nSPS) is 16.0. The first-order valence-corrected chi connectivity index (χ1v) is 12.5. The molecule has 3 rings (SSSR count). The van der Waals surface area contributed by atoms with Crippen LogP contribution in [0.15, 0.2) is 52.3 Å². The Morgan fingerprint density at radius 2 is 1.47 bits per heavy atom. The van der Waals surface area contributed by atoms with Gasteiger partial charge >= 0.3 is 0 Å². The van der Waals surface area contributed by atoms with E-state index in [0.29, 0.717) is 13.1 Å². The largest absolute Gasteiger partial charge is 0.289 e. The highest BCUT2D eigenvalue weighted by molar-refractivity contribution is 7.92. The molecule has 0 atom stereocenters. The molecule has 0 bridgehead atoms. The SMILES string of the molecule is O=[N+]([O-])c1cc(S(=O)(=O)Nc2ccc(S(=O)(=O)N3CCCCCC3)cc2)ccc1Cl. The van der Waals surface area contributed by atoms with Crippen LogP contribution in [0.25, 0.3) is 0 Å². The molecule has 0 saturated carbocycles. The number of halogens is 1. The first-order valence-electron chi connectivity index (χ1n) is 9.18. The van der Waals surface area contributed by atoms with Gasteiger partial charge in [0.25, 0.3) is 15.7 Å². The minimum absolute atomic E-state index is 0.0782. The van der Waals surface area contributed by atoms with Crippen LogP contribution in [0.3, 0.4) is 0 Å². The van der Waals surface area contributed by atoms with Gasteiger partial charge in [-0.1, -0.05) is 24.4 Å². The van der Waals surface area contributed by atoms with Crippen molar-refractivity contribution in [2.45, 2.75) is 35.5 Å². The second kappa shape index (κ2) is 8.88. The molecule has 1 aliphatic heterocycles. The van der Waals surface area contributed by atoms with E-state index in [1.807, 2.05) is 0 Å². The zero-order chi connectivity index (χ0) is 21.9. The zero-order valence-corrected chi connectivity index (χ0v) is 18.2. The third-order valence-corrected chi connectivity index (χ3v) is 8.35. The second-order valence-corrected chi connectivity index (χ2v) is 10.8. The molecule has 2 aromatic carbocycles. The molecule has 1 heterocycles. The fraction of sp³-hybridized carbons (Fsp3) is 0.333. The van der Waals surface area contributed by atoms with Gasteiger partial charge in [0.05, 0.1) is 14.7 Å². The lowest BCUT2D eigenvalue weighted by atomic mass is 10.2. The third kappa shape index (κ3) is 4.91. The zero-order valence-electron chi connectivity index (χ0n) is 15.8. The molecule has 0 amide bonds. The summed E-state index contributed by atoms with van der Waals surface area (Å²) in [4.78, 5) is 9.96. The number of hydrogen-bond acceptors (Lipinski definition) is 6. The number of hydrogen-bond donors (Lipinski definition) is 1. The molecule has 1 fully saturated rings. The summed E-state index contributed by atoms with van der Waals surface area (Å²) < 4.78 is 54.4. The van der Waals surface area contributed by atoms with Crippen LogP contribution in [-0.2, 0) is 20.0 Å². The average Bonchev–Trinajstić information content (AvgIpc) is 2.98. The van der Waals surface area contributed by atoms with Crippen molar-refractivity contribution in [3.05, 3.63) is 57.6 Å². The Morgan fingerprint density at radius 3 is 2.03 bits per heavy atom. The standard InChI is InChI=1S/C18H20ClN3O6S2/c19-17-10-9-16(13-18(17)22(23)24)29(25,26)20-14-5-7-15(8-6-14)30(27,28)21-11-3-1-2-4-12-21/h5-10,13,20H,1-4,11-12H2. The van der Waals surface area contributed by atoms with Gasteiger partial charge in [0.2, 0.25) is 10.0 Å². The van der Waals surface area contributed by atoms with Gasteiger partial charge < -0.3 is 0 Å². The Hall–Kier alpha value is -2.21. The summed E-state index contributed by atoms with van der Waals surface area (Å²) in [5, 5.41) is 10.8. The Balaban J connectivity index is 1.81. The molecule has 30 heavy (non-hydrogen) atoms. The van der Waals surface area contributed by atoms with E-state index >= 15 is 0 Å². The van der Waals surface area contributed by atoms with Gasteiger partial charge in [-0.3, -0.25) is 14.8 Å². The van der Waals surface area contributed by atoms with Crippen molar-refractivity contribution in [3.8, 4) is 0 Å². The van der Waals surface area contributed by atoms with Crippen molar-refractivity contribution in [1.29, 1.82) is 0 Å². The molecular formula is C18H20ClN3O6S2. The molecule has 0 unspecified atom stereocenters. The fourth-order valence-electron chi connectivity index (χ4n) is 3.14. The molecule has 1 saturated heterocycles. The maximum Gasteiger partial charge on any atom is 0.289 e. The Labute approximate surface area is 179 Å². The Morgan fingerprint density at radius 1 is 0.900 bits per heavy atom. The number of nitro benzene ring substituents is 1. The molecule has 12 heteroatoms. The summed E-state index contributed by atoms with van der Waals surface area (Å²) in [5.74, 6) is 0. The smallest absolute Gasteiger partial charge is 0.280 e. The number of nitrogens with zero attached hydrogens (tertiary/aromatic N) is 2. The molecule has 1 N–H and O–H groups in total. The van der Waals surface area contributed by atoms with Crippen LogP contribution < -0.4 is 4.72 Å². The van der Waals surface area contributed by atoms with E-state index in [0.717, 1.165) is 43.9 Å². The number of sulfonamides is 2. The number of anilines is 1. The van der Waals surface area contributed by atoms with Crippen molar-refractivity contribution in [1.82, 2.24) is 4.31 Å². The van der Waals surface area contributed by atoms with E-state index < -0.39 is 30.7 Å². The molecule has 0 spiro atoms.